The van der Waals surface area contributed by atoms with E-state index in [0.29, 0.717) is 18.6 Å². The van der Waals surface area contributed by atoms with Gasteiger partial charge in [-0.15, -0.1) is 0 Å². The van der Waals surface area contributed by atoms with Crippen LogP contribution in [0.2, 0.25) is 0 Å². The van der Waals surface area contributed by atoms with Crippen molar-refractivity contribution in [1.82, 2.24) is 0 Å². The molecule has 0 atom stereocenters. The second-order valence-electron chi connectivity index (χ2n) is 5.42. The molecule has 0 aromatic heterocycles. The summed E-state index contributed by atoms with van der Waals surface area (Å²) in [7, 11) is 1.63. The van der Waals surface area contributed by atoms with Gasteiger partial charge in [-0.25, -0.2) is 0 Å². The molecular formula is C20H17BrO3. The quantitative estimate of drug-likeness (QED) is 0.450. The summed E-state index contributed by atoms with van der Waals surface area (Å²) in [6.45, 7) is 0. The van der Waals surface area contributed by atoms with Crippen LogP contribution in [0, 0.1) is 0 Å². The minimum absolute atomic E-state index is 0.248. The van der Waals surface area contributed by atoms with Crippen molar-refractivity contribution in [1.29, 1.82) is 0 Å². The molecule has 0 unspecified atom stereocenters. The van der Waals surface area contributed by atoms with Gasteiger partial charge in [0.2, 0.25) is 0 Å². The number of carbonyl (C=O) groups excluding carboxylic acids is 1. The van der Waals surface area contributed by atoms with Gasteiger partial charge in [0.15, 0.2) is 0 Å². The Morgan fingerprint density at radius 1 is 1.00 bits per heavy atom. The zero-order valence-corrected chi connectivity index (χ0v) is 14.9. The summed E-state index contributed by atoms with van der Waals surface area (Å²) in [5.41, 5.74) is 1.07. The van der Waals surface area contributed by atoms with E-state index in [9.17, 15) is 4.79 Å². The van der Waals surface area contributed by atoms with Gasteiger partial charge in [0.1, 0.15) is 11.5 Å². The molecule has 0 N–H and O–H groups in total. The average molecular weight is 385 g/mol. The first-order chi connectivity index (χ1) is 11.7. The van der Waals surface area contributed by atoms with Crippen LogP contribution in [-0.4, -0.2) is 13.1 Å². The Morgan fingerprint density at radius 3 is 2.50 bits per heavy atom. The highest BCUT2D eigenvalue weighted by Gasteiger charge is 2.11. The van der Waals surface area contributed by atoms with Crippen LogP contribution in [0.25, 0.3) is 10.8 Å². The fourth-order valence-electron chi connectivity index (χ4n) is 2.50. The third-order valence-corrected chi connectivity index (χ3v) is 4.65. The van der Waals surface area contributed by atoms with Crippen molar-refractivity contribution in [3.8, 4) is 11.5 Å². The molecule has 0 bridgehead atoms. The first-order valence-electron chi connectivity index (χ1n) is 7.68. The number of carbonyl (C=O) groups is 1. The fourth-order valence-corrected chi connectivity index (χ4v) is 3.08. The number of ether oxygens (including phenoxy) is 2. The Labute approximate surface area is 149 Å². The molecule has 0 fully saturated rings. The number of methoxy groups -OCH3 is 1. The predicted molar refractivity (Wildman–Crippen MR) is 98.6 cm³/mol. The molecule has 0 saturated heterocycles. The van der Waals surface area contributed by atoms with Crippen LogP contribution in [0.1, 0.15) is 12.0 Å². The highest BCUT2D eigenvalue weighted by molar-refractivity contribution is 9.10. The van der Waals surface area contributed by atoms with E-state index in [4.69, 9.17) is 9.47 Å². The SMILES string of the molecule is COc1ccc(CCC(=O)Oc2ccc3ccccc3c2Br)cc1. The lowest BCUT2D eigenvalue weighted by molar-refractivity contribution is -0.134. The molecule has 0 heterocycles. The average Bonchev–Trinajstić information content (AvgIpc) is 2.63. The normalized spacial score (nSPS) is 10.6. The molecule has 3 rings (SSSR count). The van der Waals surface area contributed by atoms with Gasteiger partial charge in [-0.1, -0.05) is 42.5 Å². The van der Waals surface area contributed by atoms with Gasteiger partial charge in [0.05, 0.1) is 11.6 Å². The van der Waals surface area contributed by atoms with E-state index < -0.39 is 0 Å². The number of rotatable bonds is 5. The van der Waals surface area contributed by atoms with Crippen LogP contribution in [0.3, 0.4) is 0 Å². The Balaban J connectivity index is 1.65. The maximum absolute atomic E-state index is 12.1. The maximum Gasteiger partial charge on any atom is 0.311 e. The third kappa shape index (κ3) is 3.77. The van der Waals surface area contributed by atoms with Crippen LogP contribution in [0.15, 0.2) is 65.1 Å². The molecule has 0 aliphatic carbocycles. The standard InChI is InChI=1S/C20H17BrO3/c1-23-16-10-6-14(7-11-16)8-13-19(22)24-18-12-9-15-4-2-3-5-17(15)20(18)21/h2-7,9-12H,8,13H2,1H3. The molecule has 0 saturated carbocycles. The Morgan fingerprint density at radius 2 is 1.75 bits per heavy atom. The van der Waals surface area contributed by atoms with E-state index in [1.807, 2.05) is 60.7 Å². The number of halogens is 1. The van der Waals surface area contributed by atoms with Crippen LogP contribution >= 0.6 is 15.9 Å². The predicted octanol–water partition coefficient (Wildman–Crippen LogP) is 5.15. The van der Waals surface area contributed by atoms with E-state index >= 15 is 0 Å². The van der Waals surface area contributed by atoms with E-state index in [2.05, 4.69) is 15.9 Å². The van der Waals surface area contributed by atoms with E-state index in [-0.39, 0.29) is 5.97 Å². The second kappa shape index (κ2) is 7.49. The van der Waals surface area contributed by atoms with Crippen molar-refractivity contribution in [2.75, 3.05) is 7.11 Å². The molecule has 3 nitrogen and oxygen atoms in total. The number of fused-ring (bicyclic) bond motifs is 1. The summed E-state index contributed by atoms with van der Waals surface area (Å²) < 4.78 is 11.4. The first kappa shape index (κ1) is 16.5. The van der Waals surface area contributed by atoms with Gasteiger partial charge in [-0.3, -0.25) is 4.79 Å². The molecule has 0 radical (unpaired) electrons. The molecule has 3 aromatic rings. The largest absolute Gasteiger partial charge is 0.497 e. The molecule has 0 aliphatic heterocycles. The number of aryl methyl sites for hydroxylation is 1. The summed E-state index contributed by atoms with van der Waals surface area (Å²) >= 11 is 3.53. The molecule has 0 spiro atoms. The van der Waals surface area contributed by atoms with Crippen LogP contribution in [0.4, 0.5) is 0 Å². The molecule has 4 heteroatoms. The number of hydrogen-bond donors (Lipinski definition) is 0. The van der Waals surface area contributed by atoms with E-state index in [1.54, 1.807) is 7.11 Å². The lowest BCUT2D eigenvalue weighted by atomic mass is 10.1. The first-order valence-corrected chi connectivity index (χ1v) is 8.47. The lowest BCUT2D eigenvalue weighted by Crippen LogP contribution is -2.09. The summed E-state index contributed by atoms with van der Waals surface area (Å²) in [6, 6.07) is 19.4. The zero-order valence-electron chi connectivity index (χ0n) is 13.3. The smallest absolute Gasteiger partial charge is 0.311 e. The summed E-state index contributed by atoms with van der Waals surface area (Å²) in [5, 5.41) is 2.13. The third-order valence-electron chi connectivity index (χ3n) is 3.83. The number of benzene rings is 3. The minimum atomic E-state index is -0.248. The summed E-state index contributed by atoms with van der Waals surface area (Å²) in [6.07, 6.45) is 0.958. The van der Waals surface area contributed by atoms with Gasteiger partial charge in [-0.05, 0) is 56.9 Å². The van der Waals surface area contributed by atoms with E-state index in [0.717, 1.165) is 26.6 Å². The highest BCUT2D eigenvalue weighted by atomic mass is 79.9. The van der Waals surface area contributed by atoms with Crippen LogP contribution < -0.4 is 9.47 Å². The van der Waals surface area contributed by atoms with Gasteiger partial charge < -0.3 is 9.47 Å². The van der Waals surface area contributed by atoms with Crippen molar-refractivity contribution >= 4 is 32.7 Å². The number of esters is 1. The van der Waals surface area contributed by atoms with Gasteiger partial charge in [-0.2, -0.15) is 0 Å². The van der Waals surface area contributed by atoms with Crippen LogP contribution in [-0.2, 0) is 11.2 Å². The zero-order chi connectivity index (χ0) is 16.9. The Hall–Kier alpha value is -2.33. The topological polar surface area (TPSA) is 35.5 Å². The van der Waals surface area contributed by atoms with Crippen molar-refractivity contribution in [3.63, 3.8) is 0 Å². The van der Waals surface area contributed by atoms with Crippen LogP contribution in [0.5, 0.6) is 11.5 Å². The molecule has 24 heavy (non-hydrogen) atoms. The van der Waals surface area contributed by atoms with Crippen molar-refractivity contribution in [3.05, 3.63) is 70.7 Å². The van der Waals surface area contributed by atoms with Crippen molar-refractivity contribution in [2.24, 2.45) is 0 Å². The summed E-state index contributed by atoms with van der Waals surface area (Å²) in [4.78, 5) is 12.1. The van der Waals surface area contributed by atoms with Gasteiger partial charge >= 0.3 is 5.97 Å². The van der Waals surface area contributed by atoms with Crippen molar-refractivity contribution < 1.29 is 14.3 Å². The molecule has 3 aromatic carbocycles. The Kier molecular flexibility index (Phi) is 5.16. The molecular weight excluding hydrogens is 368 g/mol. The fraction of sp³-hybridized carbons (Fsp3) is 0.150. The van der Waals surface area contributed by atoms with Crippen molar-refractivity contribution in [2.45, 2.75) is 12.8 Å². The molecule has 0 amide bonds. The number of hydrogen-bond acceptors (Lipinski definition) is 3. The molecule has 122 valence electrons. The Bertz CT molecular complexity index is 856. The van der Waals surface area contributed by atoms with Gasteiger partial charge in [0, 0.05) is 6.42 Å². The highest BCUT2D eigenvalue weighted by Crippen LogP contribution is 2.33. The van der Waals surface area contributed by atoms with Gasteiger partial charge in [0.25, 0.3) is 0 Å². The van der Waals surface area contributed by atoms with E-state index in [1.165, 1.54) is 0 Å². The molecule has 0 aliphatic rings. The second-order valence-corrected chi connectivity index (χ2v) is 6.21. The minimum Gasteiger partial charge on any atom is -0.497 e. The lowest BCUT2D eigenvalue weighted by Gasteiger charge is -2.09. The summed E-state index contributed by atoms with van der Waals surface area (Å²) in [5.74, 6) is 1.11. The maximum atomic E-state index is 12.1. The monoisotopic (exact) mass is 384 g/mol.